The van der Waals surface area contributed by atoms with Crippen molar-refractivity contribution in [2.75, 3.05) is 13.2 Å². The Morgan fingerprint density at radius 2 is 1.49 bits per heavy atom. The summed E-state index contributed by atoms with van der Waals surface area (Å²) in [4.78, 5) is 24.3. The average molecular weight is 481 g/mol. The van der Waals surface area contributed by atoms with Gasteiger partial charge in [-0.25, -0.2) is 0 Å². The number of aromatic hydroxyl groups is 1. The molecular formula is C29H36O6. The molecule has 35 heavy (non-hydrogen) atoms. The smallest absolute Gasteiger partial charge is 0.192 e. The molecule has 6 heteroatoms. The van der Waals surface area contributed by atoms with Crippen LogP contribution >= 0.6 is 0 Å². The highest BCUT2D eigenvalue weighted by molar-refractivity contribution is 5.97. The molecule has 0 aliphatic heterocycles. The molecule has 0 unspecified atom stereocenters. The molecule has 6 nitrogen and oxygen atoms in total. The highest BCUT2D eigenvalue weighted by atomic mass is 16.5. The summed E-state index contributed by atoms with van der Waals surface area (Å²) in [6.45, 7) is 8.44. The van der Waals surface area contributed by atoms with Gasteiger partial charge in [0.1, 0.15) is 28.6 Å². The Morgan fingerprint density at radius 1 is 0.886 bits per heavy atom. The van der Waals surface area contributed by atoms with Gasteiger partial charge >= 0.3 is 0 Å². The molecule has 1 heterocycles. The molecule has 1 N–H and O–H groups in total. The molecule has 0 aliphatic rings. The molecule has 0 amide bonds. The molecule has 0 saturated heterocycles. The molecule has 2 aromatic carbocycles. The van der Waals surface area contributed by atoms with E-state index in [1.165, 1.54) is 6.92 Å². The fourth-order valence-corrected chi connectivity index (χ4v) is 4.25. The Kier molecular flexibility index (Phi) is 9.35. The zero-order chi connectivity index (χ0) is 25.4. The number of ketones is 1. The molecule has 0 spiro atoms. The molecule has 0 saturated carbocycles. The first kappa shape index (κ1) is 26.3. The van der Waals surface area contributed by atoms with E-state index < -0.39 is 0 Å². The molecule has 188 valence electrons. The second kappa shape index (κ2) is 12.4. The van der Waals surface area contributed by atoms with Crippen molar-refractivity contribution in [1.82, 2.24) is 0 Å². The average Bonchev–Trinajstić information content (AvgIpc) is 2.82. The predicted octanol–water partition coefficient (Wildman–Crippen LogP) is 6.41. The first-order valence-electron chi connectivity index (χ1n) is 12.6. The van der Waals surface area contributed by atoms with Gasteiger partial charge in [-0.1, -0.05) is 33.6 Å². The zero-order valence-corrected chi connectivity index (χ0v) is 21.2. The first-order valence-corrected chi connectivity index (χ1v) is 12.6. The molecule has 3 rings (SSSR count). The molecule has 0 atom stereocenters. The molecule has 3 aromatic rings. The molecule has 0 aliphatic carbocycles. The van der Waals surface area contributed by atoms with E-state index in [9.17, 15) is 14.7 Å². The van der Waals surface area contributed by atoms with Crippen LogP contribution in [0.2, 0.25) is 0 Å². The minimum Gasteiger partial charge on any atom is -0.507 e. The number of carbonyl (C=O) groups excluding carboxylic acids is 1. The highest BCUT2D eigenvalue weighted by Gasteiger charge is 2.17. The van der Waals surface area contributed by atoms with Crippen molar-refractivity contribution in [1.29, 1.82) is 0 Å². The Labute approximate surface area is 206 Å². The Balaban J connectivity index is 1.71. The third kappa shape index (κ3) is 6.24. The normalized spacial score (nSPS) is 11.1. The van der Waals surface area contributed by atoms with Crippen LogP contribution in [0, 0.1) is 0 Å². The van der Waals surface area contributed by atoms with E-state index in [0.717, 1.165) is 43.4 Å². The summed E-state index contributed by atoms with van der Waals surface area (Å²) in [5.41, 5.74) is 2.52. The summed E-state index contributed by atoms with van der Waals surface area (Å²) < 4.78 is 18.1. The van der Waals surface area contributed by atoms with E-state index >= 15 is 0 Å². The number of ether oxygens (including phenoxy) is 2. The van der Waals surface area contributed by atoms with Crippen LogP contribution in [0.15, 0.2) is 39.5 Å². The quantitative estimate of drug-likeness (QED) is 0.225. The van der Waals surface area contributed by atoms with E-state index in [0.29, 0.717) is 59.7 Å². The molecule has 0 radical (unpaired) electrons. The summed E-state index contributed by atoms with van der Waals surface area (Å²) in [6.07, 6.45) is 5.37. The fraction of sp³-hybridized carbons (Fsp3) is 0.448. The van der Waals surface area contributed by atoms with E-state index in [4.69, 9.17) is 13.9 Å². The lowest BCUT2D eigenvalue weighted by molar-refractivity contribution is 0.101. The predicted molar refractivity (Wildman–Crippen MR) is 138 cm³/mol. The lowest BCUT2D eigenvalue weighted by Gasteiger charge is -2.16. The topological polar surface area (TPSA) is 86.0 Å². The van der Waals surface area contributed by atoms with Crippen molar-refractivity contribution in [2.24, 2.45) is 0 Å². The van der Waals surface area contributed by atoms with Gasteiger partial charge in [-0.2, -0.15) is 0 Å². The third-order valence-electron chi connectivity index (χ3n) is 5.93. The number of phenols is 1. The van der Waals surface area contributed by atoms with Gasteiger partial charge in [-0.15, -0.1) is 0 Å². The number of fused-ring (bicyclic) bond motifs is 1. The second-order valence-corrected chi connectivity index (χ2v) is 8.79. The Hall–Kier alpha value is -3.28. The minimum absolute atomic E-state index is 0.0115. The summed E-state index contributed by atoms with van der Waals surface area (Å²) in [7, 11) is 0. The second-order valence-electron chi connectivity index (χ2n) is 8.79. The van der Waals surface area contributed by atoms with Crippen LogP contribution in [-0.2, 0) is 19.3 Å². The zero-order valence-electron chi connectivity index (χ0n) is 21.2. The van der Waals surface area contributed by atoms with Crippen LogP contribution in [0.5, 0.6) is 17.2 Å². The van der Waals surface area contributed by atoms with Crippen molar-refractivity contribution in [3.63, 3.8) is 0 Å². The summed E-state index contributed by atoms with van der Waals surface area (Å²) in [5.74, 6) is 1.87. The largest absolute Gasteiger partial charge is 0.507 e. The van der Waals surface area contributed by atoms with E-state index in [-0.39, 0.29) is 17.0 Å². The number of benzene rings is 2. The molecule has 0 bridgehead atoms. The van der Waals surface area contributed by atoms with Crippen molar-refractivity contribution in [3.05, 3.63) is 63.0 Å². The first-order chi connectivity index (χ1) is 16.9. The van der Waals surface area contributed by atoms with Crippen molar-refractivity contribution >= 4 is 16.8 Å². The number of rotatable bonds is 13. The van der Waals surface area contributed by atoms with E-state index in [2.05, 4.69) is 13.8 Å². The fourth-order valence-electron chi connectivity index (χ4n) is 4.25. The molecule has 1 aromatic heterocycles. The standard InChI is InChI=1S/C29H36O6/c1-5-9-20-18-25(31)22-13-15-27(24(11-7-3)29(22)35-20)34-17-8-16-33-26-14-12-21(19(4)30)28(32)23(26)10-6-2/h12-15,18,32H,5-11,16-17H2,1-4H3. The SMILES string of the molecule is CCCc1cc(=O)c2ccc(OCCCOc3ccc(C(C)=O)c(O)c3CCC)c(CCC)c2o1. The van der Waals surface area contributed by atoms with Gasteiger partial charge in [0.2, 0.25) is 0 Å². The van der Waals surface area contributed by atoms with Gasteiger partial charge in [0, 0.05) is 30.0 Å². The van der Waals surface area contributed by atoms with Gasteiger partial charge in [0.25, 0.3) is 0 Å². The van der Waals surface area contributed by atoms with Gasteiger partial charge < -0.3 is 19.0 Å². The minimum atomic E-state index is -0.171. The van der Waals surface area contributed by atoms with Gasteiger partial charge in [-0.05, 0) is 50.5 Å². The number of aryl methyl sites for hydroxylation is 2. The highest BCUT2D eigenvalue weighted by Crippen LogP contribution is 2.33. The monoisotopic (exact) mass is 480 g/mol. The van der Waals surface area contributed by atoms with Crippen LogP contribution in [0.4, 0.5) is 0 Å². The number of phenolic OH excluding ortho intramolecular Hbond substituents is 1. The lowest BCUT2D eigenvalue weighted by Crippen LogP contribution is -2.09. The number of carbonyl (C=O) groups is 1. The van der Waals surface area contributed by atoms with Crippen molar-refractivity contribution < 1.29 is 23.8 Å². The lowest BCUT2D eigenvalue weighted by atomic mass is 10.0. The summed E-state index contributed by atoms with van der Waals surface area (Å²) in [5, 5.41) is 11.1. The van der Waals surface area contributed by atoms with Crippen molar-refractivity contribution in [3.8, 4) is 17.2 Å². The Morgan fingerprint density at radius 3 is 2.11 bits per heavy atom. The van der Waals surface area contributed by atoms with Crippen LogP contribution in [0.3, 0.4) is 0 Å². The molecular weight excluding hydrogens is 444 g/mol. The number of hydrogen-bond donors (Lipinski definition) is 1. The number of Topliss-reactive ketones (excluding diaryl/α,β-unsaturated/α-hetero) is 1. The van der Waals surface area contributed by atoms with Crippen LogP contribution in [0.25, 0.3) is 11.0 Å². The van der Waals surface area contributed by atoms with Crippen LogP contribution in [-0.4, -0.2) is 24.1 Å². The van der Waals surface area contributed by atoms with Crippen LogP contribution in [0.1, 0.15) is 80.6 Å². The maximum absolute atomic E-state index is 12.6. The van der Waals surface area contributed by atoms with Crippen LogP contribution < -0.4 is 14.9 Å². The van der Waals surface area contributed by atoms with E-state index in [1.54, 1.807) is 24.3 Å². The van der Waals surface area contributed by atoms with Gasteiger partial charge in [0.05, 0.1) is 24.2 Å². The maximum atomic E-state index is 12.6. The third-order valence-corrected chi connectivity index (χ3v) is 5.93. The van der Waals surface area contributed by atoms with Gasteiger partial charge in [-0.3, -0.25) is 9.59 Å². The summed E-state index contributed by atoms with van der Waals surface area (Å²) >= 11 is 0. The maximum Gasteiger partial charge on any atom is 0.192 e. The summed E-state index contributed by atoms with van der Waals surface area (Å²) in [6, 6.07) is 8.57. The molecule has 0 fully saturated rings. The Bertz CT molecular complexity index is 1220. The van der Waals surface area contributed by atoms with Crippen molar-refractivity contribution in [2.45, 2.75) is 72.6 Å². The van der Waals surface area contributed by atoms with Gasteiger partial charge in [0.15, 0.2) is 11.2 Å². The van der Waals surface area contributed by atoms with E-state index in [1.807, 2.05) is 13.0 Å². The number of hydrogen-bond acceptors (Lipinski definition) is 6.